The minimum Gasteiger partial charge on any atom is -0.463 e. The van der Waals surface area contributed by atoms with Gasteiger partial charge in [0.25, 0.3) is 0 Å². The monoisotopic (exact) mass is 219 g/mol. The standard InChI is InChI=1S/C9H9N5O2/c1-16-9(15)8-11-4-2-7(12-8)14-5-3-6(10)13-14/h2-5H,1H3,(H2,10,13). The molecule has 0 aliphatic carbocycles. The Morgan fingerprint density at radius 3 is 2.94 bits per heavy atom. The summed E-state index contributed by atoms with van der Waals surface area (Å²) in [7, 11) is 1.27. The van der Waals surface area contributed by atoms with Crippen molar-refractivity contribution in [1.29, 1.82) is 0 Å². The molecule has 0 unspecified atom stereocenters. The number of nitrogens with zero attached hydrogens (tertiary/aromatic N) is 4. The minimum atomic E-state index is -0.595. The quantitative estimate of drug-likeness (QED) is 0.716. The summed E-state index contributed by atoms with van der Waals surface area (Å²) in [6.07, 6.45) is 3.09. The molecular formula is C9H9N5O2. The number of methoxy groups -OCH3 is 1. The molecule has 2 aromatic heterocycles. The number of hydrogen-bond donors (Lipinski definition) is 1. The summed E-state index contributed by atoms with van der Waals surface area (Å²) >= 11 is 0. The largest absolute Gasteiger partial charge is 0.463 e. The van der Waals surface area contributed by atoms with Crippen LogP contribution in [0.15, 0.2) is 24.5 Å². The van der Waals surface area contributed by atoms with Gasteiger partial charge in [0.15, 0.2) is 5.82 Å². The number of nitrogens with two attached hydrogens (primary N) is 1. The van der Waals surface area contributed by atoms with Gasteiger partial charge in [-0.1, -0.05) is 0 Å². The van der Waals surface area contributed by atoms with Crippen LogP contribution < -0.4 is 5.73 Å². The fraction of sp³-hybridized carbons (Fsp3) is 0.111. The maximum absolute atomic E-state index is 11.2. The lowest BCUT2D eigenvalue weighted by Gasteiger charge is -2.01. The molecule has 0 atom stereocenters. The first-order chi connectivity index (χ1) is 7.70. The second kappa shape index (κ2) is 3.97. The van der Waals surface area contributed by atoms with Crippen LogP contribution in [0.1, 0.15) is 10.6 Å². The van der Waals surface area contributed by atoms with Crippen molar-refractivity contribution in [1.82, 2.24) is 19.7 Å². The molecule has 2 aromatic rings. The number of aromatic nitrogens is 4. The van der Waals surface area contributed by atoms with Crippen LogP contribution >= 0.6 is 0 Å². The Kier molecular flexibility index (Phi) is 2.50. The minimum absolute atomic E-state index is 0.0194. The highest BCUT2D eigenvalue weighted by Crippen LogP contribution is 2.05. The van der Waals surface area contributed by atoms with Gasteiger partial charge in [-0.25, -0.2) is 19.4 Å². The van der Waals surface area contributed by atoms with Crippen LogP contribution in [-0.2, 0) is 4.74 Å². The van der Waals surface area contributed by atoms with Crippen LogP contribution in [0.5, 0.6) is 0 Å². The molecule has 0 bridgehead atoms. The Hall–Kier alpha value is -2.44. The smallest absolute Gasteiger partial charge is 0.376 e. The zero-order valence-electron chi connectivity index (χ0n) is 8.49. The molecule has 16 heavy (non-hydrogen) atoms. The number of hydrogen-bond acceptors (Lipinski definition) is 6. The van der Waals surface area contributed by atoms with E-state index < -0.39 is 5.97 Å². The Labute approximate surface area is 90.9 Å². The zero-order chi connectivity index (χ0) is 11.5. The van der Waals surface area contributed by atoms with E-state index in [2.05, 4.69) is 19.8 Å². The van der Waals surface area contributed by atoms with Gasteiger partial charge in [0, 0.05) is 24.5 Å². The van der Waals surface area contributed by atoms with Crippen molar-refractivity contribution < 1.29 is 9.53 Å². The van der Waals surface area contributed by atoms with Gasteiger partial charge in [0.2, 0.25) is 5.82 Å². The van der Waals surface area contributed by atoms with Crippen LogP contribution in [0, 0.1) is 0 Å². The number of esters is 1. The van der Waals surface area contributed by atoms with Crippen molar-refractivity contribution in [3.05, 3.63) is 30.4 Å². The zero-order valence-corrected chi connectivity index (χ0v) is 8.49. The summed E-state index contributed by atoms with van der Waals surface area (Å²) in [6.45, 7) is 0. The molecule has 0 saturated heterocycles. The highest BCUT2D eigenvalue weighted by molar-refractivity contribution is 5.85. The summed E-state index contributed by atoms with van der Waals surface area (Å²) < 4.78 is 5.96. The highest BCUT2D eigenvalue weighted by Gasteiger charge is 2.10. The number of ether oxygens (including phenoxy) is 1. The van der Waals surface area contributed by atoms with Gasteiger partial charge >= 0.3 is 5.97 Å². The van der Waals surface area contributed by atoms with Crippen LogP contribution in [-0.4, -0.2) is 32.8 Å². The molecule has 0 radical (unpaired) electrons. The first-order valence-electron chi connectivity index (χ1n) is 4.43. The topological polar surface area (TPSA) is 95.9 Å². The second-order valence-electron chi connectivity index (χ2n) is 2.92. The van der Waals surface area contributed by atoms with E-state index in [1.807, 2.05) is 0 Å². The Bertz CT molecular complexity index is 522. The molecule has 7 heteroatoms. The Balaban J connectivity index is 2.39. The summed E-state index contributed by atoms with van der Waals surface area (Å²) in [5, 5.41) is 3.96. The molecule has 0 fully saturated rings. The lowest BCUT2D eigenvalue weighted by atomic mass is 10.5. The van der Waals surface area contributed by atoms with Crippen molar-refractivity contribution in [2.45, 2.75) is 0 Å². The molecule has 2 N–H and O–H groups in total. The third-order valence-electron chi connectivity index (χ3n) is 1.85. The van der Waals surface area contributed by atoms with Crippen molar-refractivity contribution in [2.24, 2.45) is 0 Å². The van der Waals surface area contributed by atoms with E-state index in [0.29, 0.717) is 11.6 Å². The van der Waals surface area contributed by atoms with E-state index in [0.717, 1.165) is 0 Å². The second-order valence-corrected chi connectivity index (χ2v) is 2.92. The lowest BCUT2D eigenvalue weighted by molar-refractivity contribution is 0.0586. The van der Waals surface area contributed by atoms with Crippen molar-refractivity contribution >= 4 is 11.8 Å². The third kappa shape index (κ3) is 1.83. The van der Waals surface area contributed by atoms with E-state index >= 15 is 0 Å². The fourth-order valence-electron chi connectivity index (χ4n) is 1.13. The first kappa shape index (κ1) is 10.1. The summed E-state index contributed by atoms with van der Waals surface area (Å²) in [4.78, 5) is 19.0. The molecule has 2 heterocycles. The van der Waals surface area contributed by atoms with Crippen LogP contribution in [0.3, 0.4) is 0 Å². The highest BCUT2D eigenvalue weighted by atomic mass is 16.5. The fourth-order valence-corrected chi connectivity index (χ4v) is 1.13. The van der Waals surface area contributed by atoms with Gasteiger partial charge in [0.1, 0.15) is 5.82 Å². The van der Waals surface area contributed by atoms with E-state index in [9.17, 15) is 4.79 Å². The molecule has 0 aromatic carbocycles. The predicted octanol–water partition coefficient (Wildman–Crippen LogP) is 0.0311. The molecule has 82 valence electrons. The van der Waals surface area contributed by atoms with E-state index in [-0.39, 0.29) is 5.82 Å². The molecule has 0 saturated carbocycles. The SMILES string of the molecule is COC(=O)c1nccc(-n2ccc(N)n2)n1. The third-order valence-corrected chi connectivity index (χ3v) is 1.85. The Morgan fingerprint density at radius 2 is 2.31 bits per heavy atom. The lowest BCUT2D eigenvalue weighted by Crippen LogP contribution is -2.10. The maximum Gasteiger partial charge on any atom is 0.376 e. The van der Waals surface area contributed by atoms with Gasteiger partial charge in [-0.15, -0.1) is 5.10 Å². The molecule has 7 nitrogen and oxygen atoms in total. The number of carbonyl (C=O) groups excluding carboxylic acids is 1. The van der Waals surface area contributed by atoms with Crippen molar-refractivity contribution in [3.8, 4) is 5.82 Å². The number of nitrogen functional groups attached to an aromatic ring is 1. The molecule has 0 spiro atoms. The summed E-state index contributed by atoms with van der Waals surface area (Å²) in [5.41, 5.74) is 5.47. The molecule has 0 amide bonds. The molecule has 2 rings (SSSR count). The number of carbonyl (C=O) groups is 1. The van der Waals surface area contributed by atoms with E-state index in [4.69, 9.17) is 5.73 Å². The average molecular weight is 219 g/mol. The Morgan fingerprint density at radius 1 is 1.50 bits per heavy atom. The van der Waals surface area contributed by atoms with Crippen molar-refractivity contribution in [3.63, 3.8) is 0 Å². The first-order valence-corrected chi connectivity index (χ1v) is 4.43. The van der Waals surface area contributed by atoms with Gasteiger partial charge < -0.3 is 10.5 Å². The van der Waals surface area contributed by atoms with E-state index in [1.165, 1.54) is 18.0 Å². The molecule has 0 aliphatic rings. The van der Waals surface area contributed by atoms with Gasteiger partial charge in [-0.05, 0) is 0 Å². The van der Waals surface area contributed by atoms with Crippen LogP contribution in [0.25, 0.3) is 5.82 Å². The average Bonchev–Trinajstić information content (AvgIpc) is 2.75. The normalized spacial score (nSPS) is 10.1. The van der Waals surface area contributed by atoms with Gasteiger partial charge in [-0.2, -0.15) is 0 Å². The van der Waals surface area contributed by atoms with Crippen LogP contribution in [0.4, 0.5) is 5.82 Å². The summed E-state index contributed by atoms with van der Waals surface area (Å²) in [5.74, 6) is 0.210. The van der Waals surface area contributed by atoms with Crippen molar-refractivity contribution in [2.75, 3.05) is 12.8 Å². The maximum atomic E-state index is 11.2. The van der Waals surface area contributed by atoms with E-state index in [1.54, 1.807) is 18.3 Å². The van der Waals surface area contributed by atoms with Gasteiger partial charge in [-0.3, -0.25) is 0 Å². The summed E-state index contributed by atoms with van der Waals surface area (Å²) in [6, 6.07) is 3.23. The number of anilines is 1. The van der Waals surface area contributed by atoms with Crippen LogP contribution in [0.2, 0.25) is 0 Å². The number of rotatable bonds is 2. The molecular weight excluding hydrogens is 210 g/mol. The van der Waals surface area contributed by atoms with Gasteiger partial charge in [0.05, 0.1) is 7.11 Å². The molecule has 0 aliphatic heterocycles. The predicted molar refractivity (Wildman–Crippen MR) is 54.9 cm³/mol.